The van der Waals surface area contributed by atoms with Crippen molar-refractivity contribution in [1.29, 1.82) is 0 Å². The van der Waals surface area contributed by atoms with Crippen LogP contribution in [0.5, 0.6) is 0 Å². The average molecular weight is 559 g/mol. The summed E-state index contributed by atoms with van der Waals surface area (Å²) < 4.78 is 54.4. The van der Waals surface area contributed by atoms with E-state index in [0.717, 1.165) is 49.7 Å². The molecule has 1 unspecified atom stereocenters. The number of imide groups is 1. The van der Waals surface area contributed by atoms with Gasteiger partial charge in [-0.2, -0.15) is 13.2 Å². The van der Waals surface area contributed by atoms with E-state index in [-0.39, 0.29) is 5.56 Å². The van der Waals surface area contributed by atoms with E-state index in [9.17, 15) is 31.9 Å². The minimum absolute atomic E-state index is 0.278. The first-order valence-corrected chi connectivity index (χ1v) is 13.2. The summed E-state index contributed by atoms with van der Waals surface area (Å²) in [5.74, 6) is -2.26. The number of urea groups is 1. The number of carbonyl (C=O) groups is 3. The Labute approximate surface area is 229 Å². The van der Waals surface area contributed by atoms with E-state index in [1.807, 2.05) is 19.2 Å². The van der Waals surface area contributed by atoms with Crippen molar-refractivity contribution in [2.45, 2.75) is 50.5 Å². The molecule has 11 heteroatoms. The molecule has 3 aliphatic rings. The molecule has 212 valence electrons. The first-order chi connectivity index (χ1) is 18.9. The van der Waals surface area contributed by atoms with E-state index < -0.39 is 54.5 Å². The Bertz CT molecular complexity index is 1370. The minimum Gasteiger partial charge on any atom is -0.325 e. The van der Waals surface area contributed by atoms with E-state index in [1.165, 1.54) is 17.7 Å². The number of halogens is 4. The maximum Gasteiger partial charge on any atom is 0.408 e. The third-order valence-corrected chi connectivity index (χ3v) is 8.14. The first kappa shape index (κ1) is 27.8. The second-order valence-electron chi connectivity index (χ2n) is 10.7. The molecular weight excluding hydrogens is 528 g/mol. The minimum atomic E-state index is -4.75. The standard InChI is InChI=1S/C29H30F4N4O3/c1-18(29(31,32)33)36(16-19-6-8-21(30)9-7-19)25(38)17-37-26(39)28(34-27(37)40)13-10-23-22(4-3-5-24(23)28)20-11-14-35(2)15-12-20/h3-9,11,18H,10,12-17H2,1-2H3,(H,34,40)/t18-,28?/m0/s1. The van der Waals surface area contributed by atoms with Gasteiger partial charge in [0, 0.05) is 19.6 Å². The van der Waals surface area contributed by atoms with Crippen LogP contribution >= 0.6 is 0 Å². The van der Waals surface area contributed by atoms with Crippen LogP contribution in [0.15, 0.2) is 48.5 Å². The van der Waals surface area contributed by atoms with Gasteiger partial charge in [0.25, 0.3) is 5.91 Å². The van der Waals surface area contributed by atoms with Crippen LogP contribution < -0.4 is 5.32 Å². The van der Waals surface area contributed by atoms with E-state index in [1.54, 1.807) is 6.07 Å². The second kappa shape index (κ2) is 10.3. The summed E-state index contributed by atoms with van der Waals surface area (Å²) in [6, 6.07) is 7.36. The molecule has 40 heavy (non-hydrogen) atoms. The van der Waals surface area contributed by atoms with Crippen LogP contribution in [0.3, 0.4) is 0 Å². The van der Waals surface area contributed by atoms with Gasteiger partial charge in [0.05, 0.1) is 0 Å². The topological polar surface area (TPSA) is 73.0 Å². The Hall–Kier alpha value is -3.73. The number of rotatable bonds is 6. The molecule has 0 radical (unpaired) electrons. The molecule has 1 aliphatic carbocycles. The summed E-state index contributed by atoms with van der Waals surface area (Å²) in [7, 11) is 2.04. The zero-order valence-corrected chi connectivity index (χ0v) is 22.2. The summed E-state index contributed by atoms with van der Waals surface area (Å²) in [5, 5.41) is 2.76. The number of alkyl halides is 3. The zero-order valence-electron chi connectivity index (χ0n) is 22.2. The van der Waals surface area contributed by atoms with E-state index in [4.69, 9.17) is 0 Å². The summed E-state index contributed by atoms with van der Waals surface area (Å²) in [5.41, 5.74) is 2.73. The molecule has 7 nitrogen and oxygen atoms in total. The van der Waals surface area contributed by atoms with Crippen molar-refractivity contribution in [2.75, 3.05) is 26.7 Å². The van der Waals surface area contributed by atoms with Crippen LogP contribution in [0.25, 0.3) is 5.57 Å². The lowest BCUT2D eigenvalue weighted by Gasteiger charge is -2.32. The van der Waals surface area contributed by atoms with Crippen LogP contribution in [-0.4, -0.2) is 71.4 Å². The normalized spacial score (nSPS) is 21.9. The number of likely N-dealkylation sites (N-methyl/N-ethyl adjacent to an activating group) is 1. The van der Waals surface area contributed by atoms with Crippen LogP contribution in [0.2, 0.25) is 0 Å². The van der Waals surface area contributed by atoms with Crippen molar-refractivity contribution in [1.82, 2.24) is 20.0 Å². The molecule has 1 N–H and O–H groups in total. The number of hydrogen-bond acceptors (Lipinski definition) is 4. The summed E-state index contributed by atoms with van der Waals surface area (Å²) in [4.78, 5) is 43.5. The van der Waals surface area contributed by atoms with Gasteiger partial charge in [-0.3, -0.25) is 14.5 Å². The lowest BCUT2D eigenvalue weighted by Crippen LogP contribution is -2.51. The molecule has 0 aromatic heterocycles. The van der Waals surface area contributed by atoms with Gasteiger partial charge in [-0.25, -0.2) is 9.18 Å². The number of benzene rings is 2. The predicted octanol–water partition coefficient (Wildman–Crippen LogP) is 4.22. The molecule has 2 atom stereocenters. The highest BCUT2D eigenvalue weighted by Gasteiger charge is 2.56. The van der Waals surface area contributed by atoms with Crippen LogP contribution in [-0.2, 0) is 28.1 Å². The molecule has 2 aromatic carbocycles. The number of carbonyl (C=O) groups excluding carboxylic acids is 3. The molecule has 2 aromatic rings. The van der Waals surface area contributed by atoms with Crippen molar-refractivity contribution in [3.05, 3.63) is 76.6 Å². The fourth-order valence-corrected chi connectivity index (χ4v) is 5.77. The Balaban J connectivity index is 1.40. The molecule has 5 rings (SSSR count). The maximum absolute atomic E-state index is 13.7. The molecule has 4 amide bonds. The molecule has 2 aliphatic heterocycles. The van der Waals surface area contributed by atoms with Gasteiger partial charge in [-0.05, 0) is 73.2 Å². The summed E-state index contributed by atoms with van der Waals surface area (Å²) in [6.07, 6.45) is -0.921. The van der Waals surface area contributed by atoms with E-state index >= 15 is 0 Å². The number of amides is 4. The Morgan fingerprint density at radius 3 is 2.50 bits per heavy atom. The summed E-state index contributed by atoms with van der Waals surface area (Å²) >= 11 is 0. The fraction of sp³-hybridized carbons (Fsp3) is 0.414. The van der Waals surface area contributed by atoms with Crippen molar-refractivity contribution in [3.8, 4) is 0 Å². The van der Waals surface area contributed by atoms with E-state index in [2.05, 4.69) is 16.3 Å². The molecule has 0 saturated carbocycles. The van der Waals surface area contributed by atoms with Gasteiger partial charge >= 0.3 is 12.2 Å². The van der Waals surface area contributed by atoms with E-state index in [0.29, 0.717) is 28.2 Å². The van der Waals surface area contributed by atoms with Gasteiger partial charge < -0.3 is 15.1 Å². The van der Waals surface area contributed by atoms with Crippen molar-refractivity contribution in [3.63, 3.8) is 0 Å². The van der Waals surface area contributed by atoms with Crippen molar-refractivity contribution in [2.24, 2.45) is 0 Å². The average Bonchev–Trinajstić information content (AvgIpc) is 3.40. The zero-order chi connectivity index (χ0) is 28.8. The summed E-state index contributed by atoms with van der Waals surface area (Å²) in [6.45, 7) is 1.23. The number of fused-ring (bicyclic) bond motifs is 2. The third-order valence-electron chi connectivity index (χ3n) is 8.14. The lowest BCUT2D eigenvalue weighted by molar-refractivity contribution is -0.187. The van der Waals surface area contributed by atoms with Crippen molar-refractivity contribution < 1.29 is 31.9 Å². The monoisotopic (exact) mass is 558 g/mol. The molecule has 1 saturated heterocycles. The maximum atomic E-state index is 13.7. The number of nitrogens with one attached hydrogen (secondary N) is 1. The Morgan fingerprint density at radius 1 is 1.12 bits per heavy atom. The Kier molecular flexibility index (Phi) is 7.20. The second-order valence-corrected chi connectivity index (χ2v) is 10.7. The highest BCUT2D eigenvalue weighted by molar-refractivity contribution is 6.10. The molecular formula is C29H30F4N4O3. The smallest absolute Gasteiger partial charge is 0.325 e. The van der Waals surface area contributed by atoms with Crippen LogP contribution in [0.4, 0.5) is 22.4 Å². The van der Waals surface area contributed by atoms with Crippen molar-refractivity contribution >= 4 is 23.4 Å². The quantitative estimate of drug-likeness (QED) is 0.426. The number of nitrogens with zero attached hydrogens (tertiary/aromatic N) is 3. The van der Waals surface area contributed by atoms with Gasteiger partial charge in [-0.1, -0.05) is 36.4 Å². The highest BCUT2D eigenvalue weighted by atomic mass is 19.4. The lowest BCUT2D eigenvalue weighted by atomic mass is 9.88. The van der Waals surface area contributed by atoms with Gasteiger partial charge in [0.1, 0.15) is 23.9 Å². The number of hydrogen-bond donors (Lipinski definition) is 1. The van der Waals surface area contributed by atoms with Crippen LogP contribution in [0.1, 0.15) is 42.0 Å². The van der Waals surface area contributed by atoms with Gasteiger partial charge in [0.2, 0.25) is 5.91 Å². The molecule has 1 spiro atoms. The first-order valence-electron chi connectivity index (χ1n) is 13.2. The van der Waals surface area contributed by atoms with Gasteiger partial charge in [-0.15, -0.1) is 0 Å². The third kappa shape index (κ3) is 4.98. The molecule has 2 heterocycles. The fourth-order valence-electron chi connectivity index (χ4n) is 5.77. The Morgan fingerprint density at radius 2 is 1.85 bits per heavy atom. The van der Waals surface area contributed by atoms with Gasteiger partial charge in [0.15, 0.2) is 0 Å². The van der Waals surface area contributed by atoms with Crippen LogP contribution in [0, 0.1) is 5.82 Å². The molecule has 0 bridgehead atoms. The SMILES string of the molecule is C[C@H](N(Cc1ccc(F)cc1)C(=O)CN1C(=O)NC2(CCc3c(C4=CCN(C)CC4)cccc32)C1=O)C(F)(F)F. The largest absolute Gasteiger partial charge is 0.408 e. The molecule has 1 fully saturated rings. The predicted molar refractivity (Wildman–Crippen MR) is 139 cm³/mol. The highest BCUT2D eigenvalue weighted by Crippen LogP contribution is 2.44.